The number of nitrogens with zero attached hydrogens (tertiary/aromatic N) is 1. The summed E-state index contributed by atoms with van der Waals surface area (Å²) in [5, 5.41) is 5.13. The van der Waals surface area contributed by atoms with Crippen molar-refractivity contribution in [3.63, 3.8) is 0 Å². The molecule has 3 N–H and O–H groups in total. The number of amides is 1. The van der Waals surface area contributed by atoms with Crippen LogP contribution in [0.25, 0.3) is 0 Å². The molecule has 20 heavy (non-hydrogen) atoms. The van der Waals surface area contributed by atoms with Crippen molar-refractivity contribution in [1.29, 1.82) is 0 Å². The van der Waals surface area contributed by atoms with Crippen molar-refractivity contribution < 1.29 is 4.79 Å². The Morgan fingerprint density at radius 2 is 2.25 bits per heavy atom. The molecular formula is C15H25N3OS. The molecule has 0 bridgehead atoms. The summed E-state index contributed by atoms with van der Waals surface area (Å²) in [6.07, 6.45) is 4.20. The van der Waals surface area contributed by atoms with Gasteiger partial charge in [0, 0.05) is 11.4 Å². The Morgan fingerprint density at radius 3 is 2.85 bits per heavy atom. The fraction of sp³-hybridized carbons (Fsp3) is 0.667. The maximum absolute atomic E-state index is 12.0. The van der Waals surface area contributed by atoms with E-state index in [2.05, 4.69) is 27.7 Å². The lowest BCUT2D eigenvalue weighted by Crippen LogP contribution is -2.44. The summed E-state index contributed by atoms with van der Waals surface area (Å²) in [4.78, 5) is 15.8. The number of carbonyl (C=O) groups is 1. The van der Waals surface area contributed by atoms with Gasteiger partial charge in [-0.2, -0.15) is 0 Å². The number of rotatable bonds is 7. The number of likely N-dealkylation sites (tertiary alicyclic amines) is 1. The van der Waals surface area contributed by atoms with Gasteiger partial charge in [0.25, 0.3) is 0 Å². The Kier molecular flexibility index (Phi) is 6.01. The van der Waals surface area contributed by atoms with E-state index in [1.54, 1.807) is 11.3 Å². The Balaban J connectivity index is 1.93. The van der Waals surface area contributed by atoms with E-state index in [1.165, 1.54) is 17.7 Å². The predicted octanol–water partition coefficient (Wildman–Crippen LogP) is 2.13. The van der Waals surface area contributed by atoms with Crippen LogP contribution in [0.1, 0.15) is 43.5 Å². The van der Waals surface area contributed by atoms with E-state index in [9.17, 15) is 4.79 Å². The van der Waals surface area contributed by atoms with Crippen LogP contribution in [0.4, 0.5) is 0 Å². The van der Waals surface area contributed by atoms with E-state index in [0.717, 1.165) is 25.9 Å². The van der Waals surface area contributed by atoms with Gasteiger partial charge in [0.05, 0.1) is 12.1 Å². The smallest absolute Gasteiger partial charge is 0.236 e. The Morgan fingerprint density at radius 1 is 1.50 bits per heavy atom. The topological polar surface area (TPSA) is 58.4 Å². The number of carbonyl (C=O) groups excluding carboxylic acids is 1. The zero-order valence-corrected chi connectivity index (χ0v) is 13.0. The lowest BCUT2D eigenvalue weighted by molar-refractivity contribution is -0.122. The van der Waals surface area contributed by atoms with E-state index in [1.807, 2.05) is 6.92 Å². The summed E-state index contributed by atoms with van der Waals surface area (Å²) in [7, 11) is 0. The summed E-state index contributed by atoms with van der Waals surface area (Å²) in [5.74, 6) is -0.0207. The number of hydrogen-bond acceptors (Lipinski definition) is 4. The minimum absolute atomic E-state index is 0.0207. The summed E-state index contributed by atoms with van der Waals surface area (Å²) >= 11 is 1.76. The maximum atomic E-state index is 12.0. The molecule has 1 aliphatic heterocycles. The van der Waals surface area contributed by atoms with Crippen LogP contribution < -0.4 is 11.1 Å². The summed E-state index contributed by atoms with van der Waals surface area (Å²) in [6.45, 7) is 4.96. The van der Waals surface area contributed by atoms with Gasteiger partial charge in [-0.3, -0.25) is 9.69 Å². The van der Waals surface area contributed by atoms with Gasteiger partial charge in [-0.05, 0) is 43.8 Å². The molecule has 0 spiro atoms. The number of nitrogens with two attached hydrogens (primary N) is 1. The number of nitrogens with one attached hydrogen (secondary N) is 1. The molecule has 2 heterocycles. The second kappa shape index (κ2) is 7.76. The fourth-order valence-corrected chi connectivity index (χ4v) is 3.58. The summed E-state index contributed by atoms with van der Waals surface area (Å²) < 4.78 is 0. The Bertz CT molecular complexity index is 401. The van der Waals surface area contributed by atoms with E-state index < -0.39 is 0 Å². The molecule has 1 saturated heterocycles. The number of thiophene rings is 1. The lowest BCUT2D eigenvalue weighted by atomic mass is 10.1. The van der Waals surface area contributed by atoms with Crippen molar-refractivity contribution in [3.8, 4) is 0 Å². The van der Waals surface area contributed by atoms with Crippen LogP contribution in [-0.4, -0.2) is 36.5 Å². The second-order valence-electron chi connectivity index (χ2n) is 5.41. The van der Waals surface area contributed by atoms with Gasteiger partial charge in [-0.1, -0.05) is 19.4 Å². The summed E-state index contributed by atoms with van der Waals surface area (Å²) in [6, 6.07) is 4.16. The molecule has 0 saturated carbocycles. The van der Waals surface area contributed by atoms with Gasteiger partial charge in [0.2, 0.25) is 5.91 Å². The molecule has 1 aromatic heterocycles. The van der Waals surface area contributed by atoms with Crippen LogP contribution in [0.3, 0.4) is 0 Å². The number of hydrogen-bond donors (Lipinski definition) is 2. The third-order valence-corrected chi connectivity index (χ3v) is 4.83. The molecular weight excluding hydrogens is 270 g/mol. The molecule has 1 fully saturated rings. The average Bonchev–Trinajstić information content (AvgIpc) is 3.12. The first kappa shape index (κ1) is 15.5. The minimum Gasteiger partial charge on any atom is -0.353 e. The van der Waals surface area contributed by atoms with E-state index in [0.29, 0.717) is 12.6 Å². The molecule has 1 aliphatic rings. The Hall–Kier alpha value is -0.910. The van der Waals surface area contributed by atoms with Gasteiger partial charge in [-0.25, -0.2) is 0 Å². The molecule has 2 rings (SSSR count). The van der Waals surface area contributed by atoms with Crippen LogP contribution in [-0.2, 0) is 4.79 Å². The molecule has 5 heteroatoms. The predicted molar refractivity (Wildman–Crippen MR) is 83.8 cm³/mol. The molecule has 112 valence electrons. The van der Waals surface area contributed by atoms with Crippen molar-refractivity contribution >= 4 is 17.2 Å². The highest BCUT2D eigenvalue weighted by molar-refractivity contribution is 7.10. The first-order valence-electron chi connectivity index (χ1n) is 7.53. The van der Waals surface area contributed by atoms with Crippen molar-refractivity contribution in [3.05, 3.63) is 22.4 Å². The van der Waals surface area contributed by atoms with Gasteiger partial charge in [0.1, 0.15) is 0 Å². The minimum atomic E-state index is -0.373. The van der Waals surface area contributed by atoms with E-state index >= 15 is 0 Å². The zero-order valence-electron chi connectivity index (χ0n) is 12.2. The van der Waals surface area contributed by atoms with Crippen LogP contribution in [0.15, 0.2) is 17.5 Å². The highest BCUT2D eigenvalue weighted by Crippen LogP contribution is 2.27. The highest BCUT2D eigenvalue weighted by atomic mass is 32.1. The fourth-order valence-electron chi connectivity index (χ4n) is 2.71. The largest absolute Gasteiger partial charge is 0.353 e. The first-order valence-corrected chi connectivity index (χ1v) is 8.41. The van der Waals surface area contributed by atoms with Crippen LogP contribution in [0.2, 0.25) is 0 Å². The SMILES string of the molecule is CCCC(N)C(=O)NCC(c1cccs1)N1CCCC1. The van der Waals surface area contributed by atoms with E-state index in [-0.39, 0.29) is 11.9 Å². The normalized spacial score (nSPS) is 18.9. The molecule has 2 unspecified atom stereocenters. The van der Waals surface area contributed by atoms with Gasteiger partial charge < -0.3 is 11.1 Å². The van der Waals surface area contributed by atoms with Crippen LogP contribution in [0.5, 0.6) is 0 Å². The molecule has 1 aromatic rings. The summed E-state index contributed by atoms with van der Waals surface area (Å²) in [5.41, 5.74) is 5.86. The third kappa shape index (κ3) is 4.04. The molecule has 0 aliphatic carbocycles. The van der Waals surface area contributed by atoms with Crippen molar-refractivity contribution in [1.82, 2.24) is 10.2 Å². The molecule has 0 radical (unpaired) electrons. The van der Waals surface area contributed by atoms with Gasteiger partial charge in [0.15, 0.2) is 0 Å². The second-order valence-corrected chi connectivity index (χ2v) is 6.39. The third-order valence-electron chi connectivity index (χ3n) is 3.86. The zero-order chi connectivity index (χ0) is 14.4. The first-order chi connectivity index (χ1) is 9.72. The molecule has 0 aromatic carbocycles. The monoisotopic (exact) mass is 295 g/mol. The Labute approximate surface area is 125 Å². The van der Waals surface area contributed by atoms with Crippen molar-refractivity contribution in [2.45, 2.75) is 44.7 Å². The molecule has 2 atom stereocenters. The maximum Gasteiger partial charge on any atom is 0.236 e. The van der Waals surface area contributed by atoms with E-state index in [4.69, 9.17) is 5.73 Å². The van der Waals surface area contributed by atoms with Gasteiger partial charge in [-0.15, -0.1) is 11.3 Å². The van der Waals surface area contributed by atoms with Crippen LogP contribution in [0, 0.1) is 0 Å². The van der Waals surface area contributed by atoms with Crippen molar-refractivity contribution in [2.75, 3.05) is 19.6 Å². The highest BCUT2D eigenvalue weighted by Gasteiger charge is 2.25. The van der Waals surface area contributed by atoms with Crippen LogP contribution >= 0.6 is 11.3 Å². The standard InChI is InChI=1S/C15H25N3OS/c1-2-6-12(16)15(19)17-11-13(14-7-5-10-20-14)18-8-3-4-9-18/h5,7,10,12-13H,2-4,6,8-9,11,16H2,1H3,(H,17,19). The quantitative estimate of drug-likeness (QED) is 0.810. The van der Waals surface area contributed by atoms with Gasteiger partial charge >= 0.3 is 0 Å². The van der Waals surface area contributed by atoms with Crippen molar-refractivity contribution in [2.24, 2.45) is 5.73 Å². The average molecular weight is 295 g/mol. The molecule has 1 amide bonds. The molecule has 4 nitrogen and oxygen atoms in total. The lowest BCUT2D eigenvalue weighted by Gasteiger charge is -2.27.